The molecule has 2 aromatic carbocycles. The van der Waals surface area contributed by atoms with E-state index in [1.807, 2.05) is 36.4 Å². The van der Waals surface area contributed by atoms with Gasteiger partial charge < -0.3 is 14.8 Å². The molecule has 150 valence electrons. The number of carbonyl (C=O) groups is 1. The van der Waals surface area contributed by atoms with Crippen molar-refractivity contribution < 1.29 is 14.3 Å². The van der Waals surface area contributed by atoms with Crippen LogP contribution in [-0.4, -0.2) is 53.2 Å². The normalized spacial score (nSPS) is 12.1. The molecule has 4 rings (SSSR count). The highest BCUT2D eigenvalue weighted by Gasteiger charge is 2.20. The molecule has 0 fully saturated rings. The van der Waals surface area contributed by atoms with E-state index in [-0.39, 0.29) is 5.97 Å². The second kappa shape index (κ2) is 8.02. The van der Waals surface area contributed by atoms with E-state index in [9.17, 15) is 4.79 Å². The maximum Gasteiger partial charge on any atom is 0.328 e. The van der Waals surface area contributed by atoms with Crippen LogP contribution in [0.2, 0.25) is 0 Å². The minimum atomic E-state index is -0.628. The number of nitrogens with one attached hydrogen (secondary N) is 1. The third-order valence-electron chi connectivity index (χ3n) is 4.67. The van der Waals surface area contributed by atoms with Crippen LogP contribution in [0.15, 0.2) is 42.5 Å². The SMILES string of the molecule is [B]c1cccc2c1nc(N[C@H](C)C(=O)OCC)n1nc(-c3ccc(OC)cc3)nc21. The van der Waals surface area contributed by atoms with Crippen molar-refractivity contribution >= 4 is 41.8 Å². The maximum atomic E-state index is 12.1. The Morgan fingerprint density at radius 1 is 1.20 bits per heavy atom. The van der Waals surface area contributed by atoms with Gasteiger partial charge >= 0.3 is 5.97 Å². The number of esters is 1. The highest BCUT2D eigenvalue weighted by atomic mass is 16.5. The fraction of sp³-hybridized carbons (Fsp3) is 0.238. The number of rotatable bonds is 6. The summed E-state index contributed by atoms with van der Waals surface area (Å²) in [4.78, 5) is 21.4. The number of ether oxygens (including phenoxy) is 2. The monoisotopic (exact) mass is 401 g/mol. The van der Waals surface area contributed by atoms with Crippen LogP contribution < -0.4 is 15.5 Å². The second-order valence-electron chi connectivity index (χ2n) is 6.70. The number of nitrogens with zero attached hydrogens (tertiary/aromatic N) is 4. The van der Waals surface area contributed by atoms with Gasteiger partial charge in [0.05, 0.1) is 19.2 Å². The minimum absolute atomic E-state index is 0.295. The summed E-state index contributed by atoms with van der Waals surface area (Å²) in [6.45, 7) is 3.75. The van der Waals surface area contributed by atoms with Gasteiger partial charge in [0.25, 0.3) is 0 Å². The Bertz CT molecular complexity index is 1220. The van der Waals surface area contributed by atoms with Crippen molar-refractivity contribution in [2.75, 3.05) is 19.0 Å². The van der Waals surface area contributed by atoms with Crippen molar-refractivity contribution in [3.05, 3.63) is 42.5 Å². The molecule has 2 heterocycles. The second-order valence-corrected chi connectivity index (χ2v) is 6.70. The van der Waals surface area contributed by atoms with E-state index >= 15 is 0 Å². The van der Waals surface area contributed by atoms with Gasteiger partial charge in [-0.15, -0.1) is 5.10 Å². The molecule has 4 aromatic rings. The first-order valence-corrected chi connectivity index (χ1v) is 9.54. The van der Waals surface area contributed by atoms with E-state index in [0.29, 0.717) is 35.0 Å². The summed E-state index contributed by atoms with van der Waals surface area (Å²) in [6, 6.07) is 12.3. The summed E-state index contributed by atoms with van der Waals surface area (Å²) in [5.74, 6) is 1.22. The Morgan fingerprint density at radius 3 is 2.67 bits per heavy atom. The topological polar surface area (TPSA) is 90.6 Å². The van der Waals surface area contributed by atoms with Crippen LogP contribution in [-0.2, 0) is 9.53 Å². The molecule has 1 atom stereocenters. The summed E-state index contributed by atoms with van der Waals surface area (Å²) >= 11 is 0. The molecule has 0 saturated carbocycles. The summed E-state index contributed by atoms with van der Waals surface area (Å²) in [6.07, 6.45) is 0. The van der Waals surface area contributed by atoms with E-state index in [1.165, 1.54) is 0 Å². The number of anilines is 1. The van der Waals surface area contributed by atoms with Crippen LogP contribution in [0.25, 0.3) is 27.9 Å². The smallest absolute Gasteiger partial charge is 0.328 e. The highest BCUT2D eigenvalue weighted by Crippen LogP contribution is 2.25. The van der Waals surface area contributed by atoms with E-state index in [1.54, 1.807) is 31.5 Å². The van der Waals surface area contributed by atoms with Crippen LogP contribution in [0.5, 0.6) is 5.75 Å². The van der Waals surface area contributed by atoms with E-state index in [2.05, 4.69) is 15.4 Å². The van der Waals surface area contributed by atoms with Crippen molar-refractivity contribution in [2.45, 2.75) is 19.9 Å². The number of benzene rings is 2. The fourth-order valence-corrected chi connectivity index (χ4v) is 3.13. The summed E-state index contributed by atoms with van der Waals surface area (Å²) in [5.41, 5.74) is 2.49. The third kappa shape index (κ3) is 3.54. The molecule has 2 radical (unpaired) electrons. The van der Waals surface area contributed by atoms with Crippen molar-refractivity contribution in [1.82, 2.24) is 19.6 Å². The lowest BCUT2D eigenvalue weighted by Crippen LogP contribution is -2.30. The first-order valence-electron chi connectivity index (χ1n) is 9.54. The van der Waals surface area contributed by atoms with Gasteiger partial charge in [-0.05, 0) is 44.2 Å². The van der Waals surface area contributed by atoms with Gasteiger partial charge in [0.2, 0.25) is 5.95 Å². The largest absolute Gasteiger partial charge is 0.497 e. The van der Waals surface area contributed by atoms with E-state index in [0.717, 1.165) is 16.7 Å². The molecular weight excluding hydrogens is 381 g/mol. The van der Waals surface area contributed by atoms with Crippen LogP contribution in [0, 0.1) is 0 Å². The van der Waals surface area contributed by atoms with Gasteiger partial charge in [-0.3, -0.25) is 0 Å². The molecule has 30 heavy (non-hydrogen) atoms. The fourth-order valence-electron chi connectivity index (χ4n) is 3.13. The lowest BCUT2D eigenvalue weighted by Gasteiger charge is -2.15. The molecule has 9 heteroatoms. The summed E-state index contributed by atoms with van der Waals surface area (Å²) in [7, 11) is 7.77. The zero-order valence-electron chi connectivity index (χ0n) is 16.9. The van der Waals surface area contributed by atoms with Gasteiger partial charge in [-0.25, -0.2) is 14.8 Å². The molecule has 0 amide bonds. The van der Waals surface area contributed by atoms with Crippen molar-refractivity contribution in [3.8, 4) is 17.1 Å². The predicted octanol–water partition coefficient (Wildman–Crippen LogP) is 2.11. The zero-order chi connectivity index (χ0) is 21.3. The van der Waals surface area contributed by atoms with Gasteiger partial charge in [0.15, 0.2) is 11.5 Å². The number of fused-ring (bicyclic) bond motifs is 3. The Kier molecular flexibility index (Phi) is 5.26. The van der Waals surface area contributed by atoms with Crippen LogP contribution >= 0.6 is 0 Å². The van der Waals surface area contributed by atoms with Gasteiger partial charge in [-0.1, -0.05) is 17.6 Å². The van der Waals surface area contributed by atoms with Crippen LogP contribution in [0.1, 0.15) is 13.8 Å². The van der Waals surface area contributed by atoms with Crippen molar-refractivity contribution in [1.29, 1.82) is 0 Å². The molecule has 1 N–H and O–H groups in total. The molecule has 8 nitrogen and oxygen atoms in total. The number of hydrogen-bond acceptors (Lipinski definition) is 7. The quantitative estimate of drug-likeness (QED) is 0.391. The molecule has 0 spiro atoms. The lowest BCUT2D eigenvalue weighted by molar-refractivity contribution is -0.143. The first kappa shape index (κ1) is 19.7. The molecule has 0 unspecified atom stereocenters. The Balaban J connectivity index is 1.87. The Labute approximate surface area is 174 Å². The van der Waals surface area contributed by atoms with Crippen molar-refractivity contribution in [2.24, 2.45) is 0 Å². The molecule has 0 bridgehead atoms. The lowest BCUT2D eigenvalue weighted by atomic mass is 9.93. The minimum Gasteiger partial charge on any atom is -0.497 e. The molecule has 0 saturated heterocycles. The molecule has 0 aliphatic rings. The Hall–Kier alpha value is -3.62. The molecule has 0 aliphatic heterocycles. The van der Waals surface area contributed by atoms with E-state index in [4.69, 9.17) is 22.3 Å². The zero-order valence-corrected chi connectivity index (χ0v) is 16.9. The molecule has 0 aliphatic carbocycles. The Morgan fingerprint density at radius 2 is 1.97 bits per heavy atom. The molecule has 2 aromatic heterocycles. The standard InChI is InChI=1S/C21H20BN5O3/c1-4-30-20(28)12(2)23-21-24-17-15(6-5-7-16(17)22)19-25-18(26-27(19)21)13-8-10-14(29-3)11-9-13/h5-12H,4H2,1-3H3,(H,23,24)/t12-/m1/s1. The number of para-hydroxylation sites is 1. The maximum absolute atomic E-state index is 12.1. The van der Waals surface area contributed by atoms with Gasteiger partial charge in [0, 0.05) is 10.9 Å². The van der Waals surface area contributed by atoms with Crippen molar-refractivity contribution in [3.63, 3.8) is 0 Å². The first-order chi connectivity index (χ1) is 14.5. The predicted molar refractivity (Wildman–Crippen MR) is 115 cm³/mol. The molecular formula is C21H20BN5O3. The van der Waals surface area contributed by atoms with Crippen LogP contribution in [0.3, 0.4) is 0 Å². The number of hydrogen-bond donors (Lipinski definition) is 1. The number of carbonyl (C=O) groups excluding carboxylic acids is 1. The van der Waals surface area contributed by atoms with E-state index < -0.39 is 6.04 Å². The van der Waals surface area contributed by atoms with Gasteiger partial charge in [0.1, 0.15) is 19.6 Å². The van der Waals surface area contributed by atoms with Gasteiger partial charge in [-0.2, -0.15) is 4.52 Å². The van der Waals surface area contributed by atoms with Crippen LogP contribution in [0.4, 0.5) is 5.95 Å². The average Bonchev–Trinajstić information content (AvgIpc) is 3.21. The summed E-state index contributed by atoms with van der Waals surface area (Å²) < 4.78 is 11.9. The number of aromatic nitrogens is 4. The highest BCUT2D eigenvalue weighted by molar-refractivity contribution is 6.38. The summed E-state index contributed by atoms with van der Waals surface area (Å²) in [5, 5.41) is 8.46. The third-order valence-corrected chi connectivity index (χ3v) is 4.67. The average molecular weight is 401 g/mol. The number of methoxy groups -OCH3 is 1.